The first kappa shape index (κ1) is 16.1. The van der Waals surface area contributed by atoms with Crippen LogP contribution in [-0.2, 0) is 11.2 Å². The number of benzene rings is 1. The lowest BCUT2D eigenvalue weighted by Crippen LogP contribution is -2.38. The molecule has 0 aliphatic rings. The van der Waals surface area contributed by atoms with Crippen molar-refractivity contribution in [2.45, 2.75) is 45.8 Å². The molecule has 0 radical (unpaired) electrons. The van der Waals surface area contributed by atoms with Crippen LogP contribution >= 0.6 is 0 Å². The zero-order chi connectivity index (χ0) is 14.5. The van der Waals surface area contributed by atoms with Gasteiger partial charge in [-0.1, -0.05) is 6.92 Å². The average Bonchev–Trinajstić information content (AvgIpc) is 2.30. The molecule has 19 heavy (non-hydrogen) atoms. The quantitative estimate of drug-likeness (QED) is 0.857. The van der Waals surface area contributed by atoms with E-state index in [2.05, 4.69) is 5.32 Å². The van der Waals surface area contributed by atoms with Crippen molar-refractivity contribution in [3.8, 4) is 0 Å². The highest BCUT2D eigenvalue weighted by atomic mass is 19.1. The molecule has 0 aliphatic heterocycles. The molecular formula is C15H23F2NO. The molecule has 0 heterocycles. The van der Waals surface area contributed by atoms with E-state index in [1.54, 1.807) is 0 Å². The van der Waals surface area contributed by atoms with Crippen LogP contribution in [0.1, 0.15) is 33.3 Å². The average molecular weight is 271 g/mol. The molecule has 1 atom stereocenters. The number of hydrogen-bond donors (Lipinski definition) is 1. The summed E-state index contributed by atoms with van der Waals surface area (Å²) in [7, 11) is 0. The van der Waals surface area contributed by atoms with Gasteiger partial charge < -0.3 is 10.1 Å². The predicted molar refractivity (Wildman–Crippen MR) is 73.2 cm³/mol. The molecule has 1 N–H and O–H groups in total. The van der Waals surface area contributed by atoms with Gasteiger partial charge in [0.1, 0.15) is 11.6 Å². The maximum atomic E-state index is 13.6. The third-order valence-corrected chi connectivity index (χ3v) is 2.68. The lowest BCUT2D eigenvalue weighted by atomic mass is 10.1. The van der Waals surface area contributed by atoms with Gasteiger partial charge in [0, 0.05) is 6.04 Å². The second-order valence-corrected chi connectivity index (χ2v) is 5.62. The summed E-state index contributed by atoms with van der Waals surface area (Å²) < 4.78 is 32.5. The molecule has 1 aromatic rings. The van der Waals surface area contributed by atoms with Gasteiger partial charge in [0.2, 0.25) is 0 Å². The molecule has 0 amide bonds. The minimum atomic E-state index is -0.414. The lowest BCUT2D eigenvalue weighted by molar-refractivity contribution is -0.0142. The van der Waals surface area contributed by atoms with Gasteiger partial charge in [-0.25, -0.2) is 8.78 Å². The van der Waals surface area contributed by atoms with E-state index in [0.29, 0.717) is 18.6 Å². The fraction of sp³-hybridized carbons (Fsp3) is 0.600. The molecule has 0 aromatic heterocycles. The van der Waals surface area contributed by atoms with Crippen LogP contribution in [0.5, 0.6) is 0 Å². The van der Waals surface area contributed by atoms with Crippen LogP contribution in [0.4, 0.5) is 8.78 Å². The highest BCUT2D eigenvalue weighted by Crippen LogP contribution is 2.14. The number of halogens is 2. The van der Waals surface area contributed by atoms with Gasteiger partial charge in [0.05, 0.1) is 12.2 Å². The third kappa shape index (κ3) is 6.12. The minimum absolute atomic E-state index is 0.0273. The molecular weight excluding hydrogens is 248 g/mol. The van der Waals surface area contributed by atoms with Crippen molar-refractivity contribution < 1.29 is 13.5 Å². The van der Waals surface area contributed by atoms with E-state index in [0.717, 1.165) is 18.7 Å². The van der Waals surface area contributed by atoms with Crippen molar-refractivity contribution >= 4 is 0 Å². The molecule has 108 valence electrons. The molecule has 0 saturated carbocycles. The topological polar surface area (TPSA) is 21.3 Å². The van der Waals surface area contributed by atoms with Crippen LogP contribution in [0, 0.1) is 11.6 Å². The highest BCUT2D eigenvalue weighted by molar-refractivity contribution is 5.19. The van der Waals surface area contributed by atoms with Crippen molar-refractivity contribution in [3.05, 3.63) is 35.4 Å². The standard InChI is InChI=1S/C15H23F2NO/c1-5-18-13(10-19-15(2,3)4)9-11-8-12(16)6-7-14(11)17/h6-8,13,18H,5,9-10H2,1-4H3. The van der Waals surface area contributed by atoms with Crippen molar-refractivity contribution in [2.75, 3.05) is 13.2 Å². The molecule has 0 aliphatic carbocycles. The Morgan fingerprint density at radius 1 is 1.26 bits per heavy atom. The van der Waals surface area contributed by atoms with Crippen LogP contribution in [0.3, 0.4) is 0 Å². The van der Waals surface area contributed by atoms with Crippen molar-refractivity contribution in [3.63, 3.8) is 0 Å². The van der Waals surface area contributed by atoms with E-state index in [1.807, 2.05) is 27.7 Å². The van der Waals surface area contributed by atoms with Gasteiger partial charge >= 0.3 is 0 Å². The summed E-state index contributed by atoms with van der Waals surface area (Å²) in [6.45, 7) is 9.12. The van der Waals surface area contributed by atoms with Gasteiger partial charge in [-0.3, -0.25) is 0 Å². The summed E-state index contributed by atoms with van der Waals surface area (Å²) in [5.74, 6) is -0.788. The number of likely N-dealkylation sites (N-methyl/N-ethyl adjacent to an activating group) is 1. The molecule has 1 aromatic carbocycles. The Hall–Kier alpha value is -1.00. The SMILES string of the molecule is CCNC(COC(C)(C)C)Cc1cc(F)ccc1F. The zero-order valence-electron chi connectivity index (χ0n) is 12.1. The molecule has 1 unspecified atom stereocenters. The van der Waals surface area contributed by atoms with E-state index in [4.69, 9.17) is 4.74 Å². The Bertz CT molecular complexity index is 402. The van der Waals surface area contributed by atoms with E-state index in [9.17, 15) is 8.78 Å². The predicted octanol–water partition coefficient (Wildman–Crippen LogP) is 3.30. The van der Waals surface area contributed by atoms with E-state index in [-0.39, 0.29) is 17.5 Å². The zero-order valence-corrected chi connectivity index (χ0v) is 12.1. The maximum Gasteiger partial charge on any atom is 0.126 e. The third-order valence-electron chi connectivity index (χ3n) is 2.68. The monoisotopic (exact) mass is 271 g/mol. The first-order valence-electron chi connectivity index (χ1n) is 6.63. The molecule has 2 nitrogen and oxygen atoms in total. The van der Waals surface area contributed by atoms with Crippen molar-refractivity contribution in [1.29, 1.82) is 0 Å². The van der Waals surface area contributed by atoms with Gasteiger partial charge in [-0.05, 0) is 57.5 Å². The van der Waals surface area contributed by atoms with Crippen LogP contribution < -0.4 is 5.32 Å². The molecule has 0 saturated heterocycles. The Labute approximate surface area is 114 Å². The van der Waals surface area contributed by atoms with E-state index < -0.39 is 5.82 Å². The summed E-state index contributed by atoms with van der Waals surface area (Å²) in [5.41, 5.74) is 0.136. The summed E-state index contributed by atoms with van der Waals surface area (Å²) >= 11 is 0. The first-order valence-corrected chi connectivity index (χ1v) is 6.63. The van der Waals surface area contributed by atoms with Crippen LogP contribution in [0.15, 0.2) is 18.2 Å². The highest BCUT2D eigenvalue weighted by Gasteiger charge is 2.17. The summed E-state index contributed by atoms with van der Waals surface area (Å²) in [6.07, 6.45) is 0.410. The molecule has 4 heteroatoms. The fourth-order valence-corrected chi connectivity index (χ4v) is 1.79. The van der Waals surface area contributed by atoms with Gasteiger partial charge in [-0.15, -0.1) is 0 Å². The summed E-state index contributed by atoms with van der Waals surface area (Å²) in [4.78, 5) is 0. The van der Waals surface area contributed by atoms with Crippen LogP contribution in [0.2, 0.25) is 0 Å². The Morgan fingerprint density at radius 3 is 2.53 bits per heavy atom. The summed E-state index contributed by atoms with van der Waals surface area (Å²) in [5, 5.41) is 3.24. The molecule has 0 spiro atoms. The Kier molecular flexibility index (Phi) is 5.88. The number of ether oxygens (including phenoxy) is 1. The fourth-order valence-electron chi connectivity index (χ4n) is 1.79. The Balaban J connectivity index is 2.69. The Morgan fingerprint density at radius 2 is 1.95 bits per heavy atom. The van der Waals surface area contributed by atoms with Crippen LogP contribution in [0.25, 0.3) is 0 Å². The van der Waals surface area contributed by atoms with Gasteiger partial charge in [-0.2, -0.15) is 0 Å². The smallest absolute Gasteiger partial charge is 0.126 e. The van der Waals surface area contributed by atoms with Crippen molar-refractivity contribution in [1.82, 2.24) is 5.32 Å². The van der Waals surface area contributed by atoms with E-state index in [1.165, 1.54) is 6.07 Å². The first-order chi connectivity index (χ1) is 8.81. The van der Waals surface area contributed by atoms with Gasteiger partial charge in [0.25, 0.3) is 0 Å². The second kappa shape index (κ2) is 6.96. The number of rotatable bonds is 6. The van der Waals surface area contributed by atoms with Gasteiger partial charge in [0.15, 0.2) is 0 Å². The van der Waals surface area contributed by atoms with E-state index >= 15 is 0 Å². The molecule has 1 rings (SSSR count). The number of nitrogens with one attached hydrogen (secondary N) is 1. The molecule has 0 bridgehead atoms. The lowest BCUT2D eigenvalue weighted by Gasteiger charge is -2.25. The largest absolute Gasteiger partial charge is 0.374 e. The minimum Gasteiger partial charge on any atom is -0.374 e. The molecule has 0 fully saturated rings. The summed E-state index contributed by atoms with van der Waals surface area (Å²) in [6, 6.07) is 3.52. The second-order valence-electron chi connectivity index (χ2n) is 5.62. The number of hydrogen-bond acceptors (Lipinski definition) is 2. The maximum absolute atomic E-state index is 13.6. The van der Waals surface area contributed by atoms with Crippen LogP contribution in [-0.4, -0.2) is 24.8 Å². The van der Waals surface area contributed by atoms with Crippen molar-refractivity contribution in [2.24, 2.45) is 0 Å². The normalized spacial score (nSPS) is 13.6.